The maximum Gasteiger partial charge on any atom is 0.253 e. The van der Waals surface area contributed by atoms with Crippen LogP contribution >= 0.6 is 0 Å². The van der Waals surface area contributed by atoms with Gasteiger partial charge in [0.2, 0.25) is 5.91 Å². The fourth-order valence-electron chi connectivity index (χ4n) is 4.25. The molecule has 3 rings (SSSR count). The molecule has 4 nitrogen and oxygen atoms in total. The molecule has 2 aliphatic carbocycles. The van der Waals surface area contributed by atoms with Crippen LogP contribution in [-0.2, 0) is 9.59 Å². The lowest BCUT2D eigenvalue weighted by Gasteiger charge is -2.32. The average Bonchev–Trinajstić information content (AvgIpc) is 2.91. The second-order valence-electron chi connectivity index (χ2n) is 8.77. The number of carbonyl (C=O) groups excluding carboxylic acids is 2. The van der Waals surface area contributed by atoms with Gasteiger partial charge in [-0.2, -0.15) is 0 Å². The number of hydrogen-bond acceptors (Lipinski definition) is 2. The summed E-state index contributed by atoms with van der Waals surface area (Å²) in [7, 11) is 0. The normalized spacial score (nSPS) is 19.9. The van der Waals surface area contributed by atoms with Gasteiger partial charge in [0.25, 0.3) is 5.91 Å². The minimum atomic E-state index is -0.0131. The van der Waals surface area contributed by atoms with Gasteiger partial charge in [-0.25, -0.2) is 0 Å². The lowest BCUT2D eigenvalue weighted by atomic mass is 9.91. The number of carbonyl (C=O) groups is 2. The van der Waals surface area contributed by atoms with Crippen molar-refractivity contribution in [2.24, 2.45) is 11.8 Å². The molecule has 34 heavy (non-hydrogen) atoms. The Labute approximate surface area is 210 Å². The summed E-state index contributed by atoms with van der Waals surface area (Å²) >= 11 is 0. The van der Waals surface area contributed by atoms with E-state index in [1.807, 2.05) is 44.7 Å². The predicted molar refractivity (Wildman–Crippen MR) is 148 cm³/mol. The number of nitrogens with one attached hydrogen (secondary N) is 1. The molecular weight excluding hydrogens is 420 g/mol. The van der Waals surface area contributed by atoms with Crippen molar-refractivity contribution in [3.8, 4) is 0 Å². The Hall–Kier alpha value is -2.36. The van der Waals surface area contributed by atoms with Crippen LogP contribution in [0.1, 0.15) is 87.4 Å². The molecule has 4 heteroatoms. The summed E-state index contributed by atoms with van der Waals surface area (Å²) in [5.74, 6) is 1.48. The van der Waals surface area contributed by atoms with E-state index in [4.69, 9.17) is 0 Å². The summed E-state index contributed by atoms with van der Waals surface area (Å²) in [5.41, 5.74) is 1.98. The third-order valence-electron chi connectivity index (χ3n) is 6.25. The standard InChI is InChI=1S/C26H36N2O2.2C2H6.H2/c1-21-10-12-23(13-11-21)14-15-25(29)27-18-6-5-7-22-16-19-28(20-17-22)26(30)24-8-3-2-4-9-24;2*1-2;/h3,8-10,12-15,21-22H,2,4-7,11,16-20H2,1H3,(H,27,29);2*1-2H3;1H/b15-14+;;;. The minimum absolute atomic E-state index is 0. The van der Waals surface area contributed by atoms with Crippen LogP contribution in [-0.4, -0.2) is 36.3 Å². The summed E-state index contributed by atoms with van der Waals surface area (Å²) in [5, 5.41) is 2.98. The first-order valence-electron chi connectivity index (χ1n) is 13.6. The molecule has 0 saturated carbocycles. The van der Waals surface area contributed by atoms with E-state index in [0.29, 0.717) is 11.8 Å². The van der Waals surface area contributed by atoms with Crippen molar-refractivity contribution in [1.29, 1.82) is 0 Å². The van der Waals surface area contributed by atoms with E-state index in [0.717, 1.165) is 75.7 Å². The maximum atomic E-state index is 12.5. The molecule has 0 aromatic rings. The first-order chi connectivity index (χ1) is 16.6. The number of allylic oxidation sites excluding steroid dienone is 7. The van der Waals surface area contributed by atoms with Gasteiger partial charge in [-0.1, -0.05) is 83.9 Å². The molecular formula is C30H50N2O2. The lowest BCUT2D eigenvalue weighted by Crippen LogP contribution is -2.39. The molecule has 1 heterocycles. The molecule has 0 aromatic heterocycles. The largest absolute Gasteiger partial charge is 0.353 e. The molecule has 0 spiro atoms. The van der Waals surface area contributed by atoms with E-state index in [9.17, 15) is 9.59 Å². The molecule has 192 valence electrons. The van der Waals surface area contributed by atoms with Gasteiger partial charge in [-0.15, -0.1) is 0 Å². The topological polar surface area (TPSA) is 49.4 Å². The highest BCUT2D eigenvalue weighted by Gasteiger charge is 2.24. The van der Waals surface area contributed by atoms with Crippen molar-refractivity contribution in [3.05, 3.63) is 59.8 Å². The maximum absolute atomic E-state index is 12.5. The van der Waals surface area contributed by atoms with Crippen LogP contribution < -0.4 is 5.32 Å². The zero-order valence-electron chi connectivity index (χ0n) is 22.3. The van der Waals surface area contributed by atoms with Gasteiger partial charge in [0.15, 0.2) is 0 Å². The van der Waals surface area contributed by atoms with E-state index < -0.39 is 0 Å². The number of amides is 2. The summed E-state index contributed by atoms with van der Waals surface area (Å²) in [4.78, 5) is 26.5. The van der Waals surface area contributed by atoms with E-state index in [1.54, 1.807) is 6.08 Å². The molecule has 1 N–H and O–H groups in total. The third kappa shape index (κ3) is 11.2. The molecule has 0 radical (unpaired) electrons. The van der Waals surface area contributed by atoms with Crippen LogP contribution in [0.4, 0.5) is 0 Å². The molecule has 1 atom stereocenters. The molecule has 0 aromatic carbocycles. The highest BCUT2D eigenvalue weighted by Crippen LogP contribution is 2.24. The Morgan fingerprint density at radius 1 is 1.06 bits per heavy atom. The van der Waals surface area contributed by atoms with Crippen LogP contribution in [0.5, 0.6) is 0 Å². The van der Waals surface area contributed by atoms with E-state index in [-0.39, 0.29) is 13.2 Å². The van der Waals surface area contributed by atoms with Gasteiger partial charge in [-0.05, 0) is 62.0 Å². The van der Waals surface area contributed by atoms with E-state index in [2.05, 4.69) is 42.6 Å². The van der Waals surface area contributed by atoms with Gasteiger partial charge >= 0.3 is 0 Å². The van der Waals surface area contributed by atoms with Crippen molar-refractivity contribution in [1.82, 2.24) is 10.2 Å². The van der Waals surface area contributed by atoms with Crippen molar-refractivity contribution >= 4 is 11.8 Å². The Bertz CT molecular complexity index is 756. The zero-order chi connectivity index (χ0) is 25.2. The van der Waals surface area contributed by atoms with Crippen LogP contribution in [0.15, 0.2) is 59.8 Å². The second-order valence-corrected chi connectivity index (χ2v) is 8.77. The molecule has 1 unspecified atom stereocenters. The fourth-order valence-corrected chi connectivity index (χ4v) is 4.25. The van der Waals surface area contributed by atoms with E-state index in [1.165, 1.54) is 6.42 Å². The number of nitrogens with zero attached hydrogens (tertiary/aromatic N) is 1. The van der Waals surface area contributed by atoms with Gasteiger partial charge < -0.3 is 10.2 Å². The van der Waals surface area contributed by atoms with Crippen molar-refractivity contribution < 1.29 is 11.0 Å². The quantitative estimate of drug-likeness (QED) is 0.302. The van der Waals surface area contributed by atoms with Crippen LogP contribution in [0, 0.1) is 11.8 Å². The first kappa shape index (κ1) is 29.7. The van der Waals surface area contributed by atoms with Crippen LogP contribution in [0.25, 0.3) is 0 Å². The lowest BCUT2D eigenvalue weighted by molar-refractivity contribution is -0.128. The van der Waals surface area contributed by atoms with Gasteiger partial charge in [0.1, 0.15) is 0 Å². The van der Waals surface area contributed by atoms with Gasteiger partial charge in [0, 0.05) is 32.7 Å². The highest BCUT2D eigenvalue weighted by atomic mass is 16.2. The molecule has 0 bridgehead atoms. The summed E-state index contributed by atoms with van der Waals surface area (Å²) in [6.07, 6.45) is 24.7. The summed E-state index contributed by atoms with van der Waals surface area (Å²) in [6, 6.07) is 0. The van der Waals surface area contributed by atoms with Crippen molar-refractivity contribution in [2.75, 3.05) is 19.6 Å². The average molecular weight is 471 g/mol. The van der Waals surface area contributed by atoms with Crippen LogP contribution in [0.2, 0.25) is 0 Å². The number of rotatable bonds is 8. The van der Waals surface area contributed by atoms with Crippen molar-refractivity contribution in [3.63, 3.8) is 0 Å². The summed E-state index contributed by atoms with van der Waals surface area (Å²) < 4.78 is 0. The van der Waals surface area contributed by atoms with Gasteiger partial charge in [-0.3, -0.25) is 9.59 Å². The number of unbranched alkanes of at least 4 members (excludes halogenated alkanes) is 1. The van der Waals surface area contributed by atoms with Gasteiger partial charge in [0.05, 0.1) is 0 Å². The molecule has 2 amide bonds. The monoisotopic (exact) mass is 470 g/mol. The smallest absolute Gasteiger partial charge is 0.253 e. The van der Waals surface area contributed by atoms with Crippen LogP contribution in [0.3, 0.4) is 0 Å². The molecule has 1 saturated heterocycles. The zero-order valence-corrected chi connectivity index (χ0v) is 22.3. The Kier molecular flexibility index (Phi) is 15.7. The van der Waals surface area contributed by atoms with Crippen molar-refractivity contribution in [2.45, 2.75) is 86.0 Å². The second kappa shape index (κ2) is 18.0. The molecule has 1 aliphatic heterocycles. The third-order valence-corrected chi connectivity index (χ3v) is 6.25. The fraction of sp³-hybridized carbons (Fsp3) is 0.600. The number of likely N-dealkylation sites (tertiary alicyclic amines) is 1. The summed E-state index contributed by atoms with van der Waals surface area (Å²) in [6.45, 7) is 12.7. The Balaban J connectivity index is 0.00000220. The Morgan fingerprint density at radius 2 is 1.79 bits per heavy atom. The SMILES string of the molecule is CC.CC.CC1C=CC(/C=C/C(=O)NCCCCC2CCN(C(=O)C3=CCCC=C3)CC2)=CC1.[HH]. The highest BCUT2D eigenvalue weighted by molar-refractivity contribution is 5.96. The Morgan fingerprint density at radius 3 is 2.41 bits per heavy atom. The molecule has 3 aliphatic rings. The number of hydrogen-bond donors (Lipinski definition) is 1. The predicted octanol–water partition coefficient (Wildman–Crippen LogP) is 7.16. The minimum Gasteiger partial charge on any atom is -0.353 e. The molecule has 1 fully saturated rings. The first-order valence-corrected chi connectivity index (χ1v) is 13.6. The van der Waals surface area contributed by atoms with E-state index >= 15 is 0 Å². The number of piperidine rings is 1.